The Kier molecular flexibility index (Phi) is 3.70. The van der Waals surface area contributed by atoms with Crippen LogP contribution in [0.3, 0.4) is 0 Å². The number of rotatable bonds is 2. The summed E-state index contributed by atoms with van der Waals surface area (Å²) in [5, 5.41) is 9.12. The smallest absolute Gasteiger partial charge is 0.245 e. The fourth-order valence-corrected chi connectivity index (χ4v) is 5.85. The third-order valence-corrected chi connectivity index (χ3v) is 6.80. The normalized spacial score (nSPS) is 29.3. The second kappa shape index (κ2) is 5.25. The molecule has 2 unspecified atom stereocenters. The van der Waals surface area contributed by atoms with Crippen LogP contribution >= 0.6 is 11.6 Å². The van der Waals surface area contributed by atoms with Gasteiger partial charge in [-0.2, -0.15) is 9.57 Å². The van der Waals surface area contributed by atoms with Crippen molar-refractivity contribution in [2.75, 3.05) is 0 Å². The molecule has 112 valence electrons. The van der Waals surface area contributed by atoms with E-state index in [9.17, 15) is 8.42 Å². The van der Waals surface area contributed by atoms with Gasteiger partial charge in [-0.3, -0.25) is 0 Å². The van der Waals surface area contributed by atoms with Crippen molar-refractivity contribution >= 4 is 21.6 Å². The summed E-state index contributed by atoms with van der Waals surface area (Å²) < 4.78 is 27.4. The predicted octanol–water partition coefficient (Wildman–Crippen LogP) is 1.85. The summed E-state index contributed by atoms with van der Waals surface area (Å²) in [6.07, 6.45) is 3.05. The van der Waals surface area contributed by atoms with E-state index in [1.807, 2.05) is 6.07 Å². The van der Waals surface area contributed by atoms with Gasteiger partial charge in [-0.1, -0.05) is 11.6 Å². The minimum atomic E-state index is -3.69. The molecule has 0 aliphatic carbocycles. The van der Waals surface area contributed by atoms with E-state index in [4.69, 9.17) is 22.6 Å². The Balaban J connectivity index is 2.04. The van der Waals surface area contributed by atoms with Crippen molar-refractivity contribution in [3.05, 3.63) is 28.8 Å². The lowest BCUT2D eigenvalue weighted by molar-refractivity contribution is 0.227. The molecule has 0 radical (unpaired) electrons. The fourth-order valence-electron chi connectivity index (χ4n) is 3.45. The fraction of sp³-hybridized carbons (Fsp3) is 0.500. The van der Waals surface area contributed by atoms with E-state index in [1.165, 1.54) is 18.2 Å². The molecule has 7 heteroatoms. The van der Waals surface area contributed by atoms with Crippen molar-refractivity contribution in [3.8, 4) is 6.07 Å². The van der Waals surface area contributed by atoms with Crippen LogP contribution in [0.15, 0.2) is 23.1 Å². The van der Waals surface area contributed by atoms with E-state index in [0.29, 0.717) is 18.4 Å². The summed E-state index contributed by atoms with van der Waals surface area (Å²) in [5.41, 5.74) is 6.28. The standard InChI is InChI=1S/C14H16ClN3O2S/c15-13-4-1-9(8-16)5-14(13)21(19,20)18-11-2-3-12(18)7-10(17)6-11/h1,4-5,10-12H,2-3,6-7,17H2. The lowest BCUT2D eigenvalue weighted by Gasteiger charge is -2.36. The number of nitrogens with two attached hydrogens (primary N) is 1. The Bertz CT molecular complexity index is 699. The highest BCUT2D eigenvalue weighted by atomic mass is 35.5. The molecular formula is C14H16ClN3O2S. The molecule has 1 aromatic rings. The van der Waals surface area contributed by atoms with Crippen LogP contribution < -0.4 is 5.73 Å². The topological polar surface area (TPSA) is 87.2 Å². The first-order valence-corrected chi connectivity index (χ1v) is 8.74. The van der Waals surface area contributed by atoms with Crippen LogP contribution in [0.25, 0.3) is 0 Å². The Morgan fingerprint density at radius 3 is 2.48 bits per heavy atom. The molecule has 21 heavy (non-hydrogen) atoms. The van der Waals surface area contributed by atoms with Gasteiger partial charge in [0.2, 0.25) is 10.0 Å². The number of nitriles is 1. The van der Waals surface area contributed by atoms with Crippen LogP contribution in [0.5, 0.6) is 0 Å². The van der Waals surface area contributed by atoms with Gasteiger partial charge in [0.1, 0.15) is 4.90 Å². The molecule has 2 N–H and O–H groups in total. The molecule has 1 aromatic carbocycles. The largest absolute Gasteiger partial charge is 0.328 e. The zero-order valence-corrected chi connectivity index (χ0v) is 12.9. The third kappa shape index (κ3) is 2.44. The third-order valence-electron chi connectivity index (χ3n) is 4.32. The van der Waals surface area contributed by atoms with Gasteiger partial charge in [0.05, 0.1) is 16.7 Å². The number of hydrogen-bond acceptors (Lipinski definition) is 4. The van der Waals surface area contributed by atoms with Crippen LogP contribution in [-0.4, -0.2) is 30.8 Å². The summed E-state index contributed by atoms with van der Waals surface area (Å²) in [6, 6.07) is 6.25. The molecule has 2 atom stereocenters. The molecule has 2 aliphatic rings. The maximum atomic E-state index is 12.9. The Hall–Kier alpha value is -1.13. The zero-order valence-electron chi connectivity index (χ0n) is 11.4. The van der Waals surface area contributed by atoms with Crippen LogP contribution in [-0.2, 0) is 10.0 Å². The molecule has 3 rings (SSSR count). The number of piperidine rings is 1. The van der Waals surface area contributed by atoms with Crippen molar-refractivity contribution in [1.82, 2.24) is 4.31 Å². The Morgan fingerprint density at radius 2 is 1.90 bits per heavy atom. The van der Waals surface area contributed by atoms with Crippen molar-refractivity contribution in [3.63, 3.8) is 0 Å². The van der Waals surface area contributed by atoms with Crippen LogP contribution in [0.4, 0.5) is 0 Å². The monoisotopic (exact) mass is 325 g/mol. The highest BCUT2D eigenvalue weighted by Crippen LogP contribution is 2.40. The number of sulfonamides is 1. The molecular weight excluding hydrogens is 310 g/mol. The summed E-state index contributed by atoms with van der Waals surface area (Å²) in [5.74, 6) is 0. The summed E-state index contributed by atoms with van der Waals surface area (Å²) in [4.78, 5) is 0.0237. The predicted molar refractivity (Wildman–Crippen MR) is 79.2 cm³/mol. The highest BCUT2D eigenvalue weighted by Gasteiger charge is 2.46. The van der Waals surface area contributed by atoms with Gasteiger partial charge in [0.25, 0.3) is 0 Å². The van der Waals surface area contributed by atoms with E-state index in [2.05, 4.69) is 0 Å². The van der Waals surface area contributed by atoms with Crippen LogP contribution in [0.2, 0.25) is 5.02 Å². The van der Waals surface area contributed by atoms with Gasteiger partial charge in [-0.25, -0.2) is 8.42 Å². The molecule has 0 spiro atoms. The van der Waals surface area contributed by atoms with Gasteiger partial charge in [-0.15, -0.1) is 0 Å². The van der Waals surface area contributed by atoms with E-state index < -0.39 is 10.0 Å². The minimum absolute atomic E-state index is 0.0237. The molecule has 0 aromatic heterocycles. The second-order valence-corrected chi connectivity index (χ2v) is 7.93. The molecule has 0 amide bonds. The molecule has 5 nitrogen and oxygen atoms in total. The molecule has 2 bridgehead atoms. The summed E-state index contributed by atoms with van der Waals surface area (Å²) >= 11 is 6.06. The maximum Gasteiger partial charge on any atom is 0.245 e. The van der Waals surface area contributed by atoms with E-state index in [-0.39, 0.29) is 28.0 Å². The second-order valence-electron chi connectivity index (χ2n) is 5.71. The van der Waals surface area contributed by atoms with Gasteiger partial charge >= 0.3 is 0 Å². The van der Waals surface area contributed by atoms with Gasteiger partial charge in [-0.05, 0) is 43.9 Å². The van der Waals surface area contributed by atoms with E-state index >= 15 is 0 Å². The summed E-state index contributed by atoms with van der Waals surface area (Å²) in [6.45, 7) is 0. The van der Waals surface area contributed by atoms with Crippen molar-refractivity contribution < 1.29 is 8.42 Å². The molecule has 2 heterocycles. The molecule has 2 fully saturated rings. The van der Waals surface area contributed by atoms with Crippen LogP contribution in [0.1, 0.15) is 31.2 Å². The van der Waals surface area contributed by atoms with Crippen molar-refractivity contribution in [2.45, 2.75) is 48.7 Å². The minimum Gasteiger partial charge on any atom is -0.328 e. The molecule has 2 saturated heterocycles. The molecule has 0 saturated carbocycles. The van der Waals surface area contributed by atoms with Crippen molar-refractivity contribution in [1.29, 1.82) is 5.26 Å². The zero-order chi connectivity index (χ0) is 15.2. The van der Waals surface area contributed by atoms with Crippen molar-refractivity contribution in [2.24, 2.45) is 5.73 Å². The first kappa shape index (κ1) is 14.8. The average Bonchev–Trinajstić information content (AvgIpc) is 2.73. The highest BCUT2D eigenvalue weighted by molar-refractivity contribution is 7.89. The van der Waals surface area contributed by atoms with Gasteiger partial charge < -0.3 is 5.73 Å². The SMILES string of the molecule is N#Cc1ccc(Cl)c(S(=O)(=O)N2C3CCC2CC(N)C3)c1. The van der Waals surface area contributed by atoms with Gasteiger partial charge in [0.15, 0.2) is 0 Å². The first-order chi connectivity index (χ1) is 9.93. The summed E-state index contributed by atoms with van der Waals surface area (Å²) in [7, 11) is -3.69. The van der Waals surface area contributed by atoms with Gasteiger partial charge in [0, 0.05) is 18.1 Å². The quantitative estimate of drug-likeness (QED) is 0.899. The number of fused-ring (bicyclic) bond motifs is 2. The number of benzene rings is 1. The van der Waals surface area contributed by atoms with Crippen LogP contribution in [0, 0.1) is 11.3 Å². The number of halogens is 1. The number of hydrogen-bond donors (Lipinski definition) is 1. The van der Waals surface area contributed by atoms with E-state index in [1.54, 1.807) is 4.31 Å². The van der Waals surface area contributed by atoms with E-state index in [0.717, 1.165) is 12.8 Å². The molecule has 2 aliphatic heterocycles. The maximum absolute atomic E-state index is 12.9. The lowest BCUT2D eigenvalue weighted by Crippen LogP contribution is -2.50. The number of nitrogens with zero attached hydrogens (tertiary/aromatic N) is 2. The Labute approximate surface area is 129 Å². The average molecular weight is 326 g/mol. The Morgan fingerprint density at radius 1 is 1.29 bits per heavy atom. The first-order valence-electron chi connectivity index (χ1n) is 6.92. The lowest BCUT2D eigenvalue weighted by atomic mass is 10.0.